The highest BCUT2D eigenvalue weighted by Crippen LogP contribution is 2.21. The van der Waals surface area contributed by atoms with E-state index in [2.05, 4.69) is 15.2 Å². The Labute approximate surface area is 168 Å². The number of benzene rings is 2. The van der Waals surface area contributed by atoms with Gasteiger partial charge in [0.15, 0.2) is 0 Å². The summed E-state index contributed by atoms with van der Waals surface area (Å²) >= 11 is 7.24. The highest BCUT2D eigenvalue weighted by molar-refractivity contribution is 7.99. The molecule has 27 heavy (non-hydrogen) atoms. The van der Waals surface area contributed by atoms with Gasteiger partial charge in [-0.05, 0) is 43.7 Å². The lowest BCUT2D eigenvalue weighted by molar-refractivity contribution is -0.116. The van der Waals surface area contributed by atoms with Crippen molar-refractivity contribution >= 4 is 35.0 Å². The van der Waals surface area contributed by atoms with Crippen LogP contribution in [0.1, 0.15) is 25.2 Å². The fourth-order valence-electron chi connectivity index (χ4n) is 2.73. The minimum atomic E-state index is 0.0326. The smallest absolute Gasteiger partial charge is 0.237 e. The van der Waals surface area contributed by atoms with E-state index in [9.17, 15) is 4.79 Å². The number of aromatic amines is 1. The number of aromatic nitrogens is 3. The van der Waals surface area contributed by atoms with E-state index in [1.807, 2.05) is 68.4 Å². The summed E-state index contributed by atoms with van der Waals surface area (Å²) in [4.78, 5) is 19.0. The van der Waals surface area contributed by atoms with Gasteiger partial charge in [-0.2, -0.15) is 0 Å². The minimum absolute atomic E-state index is 0.0326. The van der Waals surface area contributed by atoms with Crippen LogP contribution in [0.15, 0.2) is 59.8 Å². The molecule has 0 aliphatic rings. The second kappa shape index (κ2) is 9.06. The van der Waals surface area contributed by atoms with Crippen molar-refractivity contribution in [1.29, 1.82) is 0 Å². The second-order valence-corrected chi connectivity index (χ2v) is 7.73. The van der Waals surface area contributed by atoms with Crippen molar-refractivity contribution < 1.29 is 4.79 Å². The zero-order chi connectivity index (χ0) is 19.2. The van der Waals surface area contributed by atoms with E-state index in [0.29, 0.717) is 16.6 Å². The van der Waals surface area contributed by atoms with Crippen LogP contribution in [0.2, 0.25) is 5.02 Å². The van der Waals surface area contributed by atoms with Crippen LogP contribution in [0.3, 0.4) is 0 Å². The van der Waals surface area contributed by atoms with Gasteiger partial charge in [-0.1, -0.05) is 53.7 Å². The Morgan fingerprint density at radius 3 is 2.52 bits per heavy atom. The summed E-state index contributed by atoms with van der Waals surface area (Å²) < 4.78 is 0. The Morgan fingerprint density at radius 1 is 1.15 bits per heavy atom. The summed E-state index contributed by atoms with van der Waals surface area (Å²) in [6.45, 7) is 4.01. The molecule has 2 aromatic carbocycles. The maximum Gasteiger partial charge on any atom is 0.237 e. The van der Waals surface area contributed by atoms with Gasteiger partial charge in [0.2, 0.25) is 11.1 Å². The molecule has 0 bridgehead atoms. The van der Waals surface area contributed by atoms with E-state index in [0.717, 1.165) is 17.1 Å². The molecule has 1 aromatic heterocycles. The van der Waals surface area contributed by atoms with Crippen LogP contribution < -0.4 is 4.90 Å². The Morgan fingerprint density at radius 2 is 1.85 bits per heavy atom. The monoisotopic (exact) mass is 400 g/mol. The summed E-state index contributed by atoms with van der Waals surface area (Å²) in [5, 5.41) is 8.43. The summed E-state index contributed by atoms with van der Waals surface area (Å²) in [5.74, 6) is 1.08. The molecule has 0 atom stereocenters. The van der Waals surface area contributed by atoms with Crippen LogP contribution in [0.4, 0.5) is 5.69 Å². The van der Waals surface area contributed by atoms with E-state index in [-0.39, 0.29) is 17.7 Å². The molecular formula is C20H21ClN4OS. The first-order chi connectivity index (χ1) is 13.0. The number of amides is 1. The van der Waals surface area contributed by atoms with Gasteiger partial charge in [0.1, 0.15) is 5.82 Å². The van der Waals surface area contributed by atoms with E-state index >= 15 is 0 Å². The summed E-state index contributed by atoms with van der Waals surface area (Å²) in [6.07, 6.45) is 0.640. The molecule has 1 heterocycles. The number of hydrogen-bond acceptors (Lipinski definition) is 4. The van der Waals surface area contributed by atoms with Gasteiger partial charge in [-0.25, -0.2) is 4.98 Å². The van der Waals surface area contributed by atoms with Crippen LogP contribution in [-0.2, 0) is 11.2 Å². The maximum atomic E-state index is 12.7. The molecule has 0 aliphatic heterocycles. The largest absolute Gasteiger partial charge is 0.309 e. The first-order valence-electron chi connectivity index (χ1n) is 8.68. The molecule has 0 saturated carbocycles. The molecule has 0 radical (unpaired) electrons. The second-order valence-electron chi connectivity index (χ2n) is 6.35. The number of hydrogen-bond donors (Lipinski definition) is 1. The van der Waals surface area contributed by atoms with Crippen molar-refractivity contribution in [3.63, 3.8) is 0 Å². The van der Waals surface area contributed by atoms with E-state index in [1.54, 1.807) is 4.90 Å². The summed E-state index contributed by atoms with van der Waals surface area (Å²) in [7, 11) is 0. The first-order valence-corrected chi connectivity index (χ1v) is 10.0. The molecule has 0 fully saturated rings. The average molecular weight is 401 g/mol. The van der Waals surface area contributed by atoms with Crippen molar-refractivity contribution in [3.8, 4) is 0 Å². The highest BCUT2D eigenvalue weighted by Gasteiger charge is 2.19. The number of H-pyrrole nitrogens is 1. The topological polar surface area (TPSA) is 61.9 Å². The Bertz CT molecular complexity index is 881. The van der Waals surface area contributed by atoms with E-state index < -0.39 is 0 Å². The molecule has 3 aromatic rings. The molecule has 1 N–H and O–H groups in total. The average Bonchev–Trinajstić information content (AvgIpc) is 3.10. The molecule has 0 aliphatic carbocycles. The third-order valence-electron chi connectivity index (χ3n) is 3.94. The zero-order valence-corrected chi connectivity index (χ0v) is 16.8. The molecule has 0 spiro atoms. The molecule has 1 amide bonds. The van der Waals surface area contributed by atoms with Crippen LogP contribution in [0, 0.1) is 0 Å². The number of rotatable bonds is 7. The van der Waals surface area contributed by atoms with Gasteiger partial charge in [0.25, 0.3) is 0 Å². The van der Waals surface area contributed by atoms with Crippen LogP contribution in [-0.4, -0.2) is 32.9 Å². The highest BCUT2D eigenvalue weighted by atomic mass is 35.5. The number of anilines is 1. The Kier molecular flexibility index (Phi) is 6.53. The third-order valence-corrected chi connectivity index (χ3v) is 5.02. The fourth-order valence-corrected chi connectivity index (χ4v) is 3.53. The number of carbonyl (C=O) groups excluding carboxylic acids is 1. The van der Waals surface area contributed by atoms with Gasteiger partial charge in [0, 0.05) is 23.2 Å². The maximum absolute atomic E-state index is 12.7. The summed E-state index contributed by atoms with van der Waals surface area (Å²) in [6, 6.07) is 17.4. The van der Waals surface area contributed by atoms with Gasteiger partial charge in [-0.3, -0.25) is 9.89 Å². The molecule has 5 nitrogen and oxygen atoms in total. The Hall–Kier alpha value is -2.31. The van der Waals surface area contributed by atoms with Crippen molar-refractivity contribution in [2.24, 2.45) is 0 Å². The van der Waals surface area contributed by atoms with Crippen molar-refractivity contribution in [2.75, 3.05) is 10.7 Å². The summed E-state index contributed by atoms with van der Waals surface area (Å²) in [5.41, 5.74) is 2.00. The molecule has 7 heteroatoms. The molecule has 3 rings (SSSR count). The first kappa shape index (κ1) is 19.5. The Balaban J connectivity index is 1.60. The van der Waals surface area contributed by atoms with E-state index in [4.69, 9.17) is 11.6 Å². The molecular weight excluding hydrogens is 380 g/mol. The number of nitrogens with zero attached hydrogens (tertiary/aromatic N) is 3. The SMILES string of the molecule is CC(C)N(C(=O)CSc1n[nH]c(Cc2ccc(Cl)cc2)n1)c1ccccc1. The van der Waals surface area contributed by atoms with Crippen LogP contribution in [0.5, 0.6) is 0 Å². The third kappa shape index (κ3) is 5.34. The van der Waals surface area contributed by atoms with Crippen molar-refractivity contribution in [2.45, 2.75) is 31.5 Å². The van der Waals surface area contributed by atoms with Gasteiger partial charge < -0.3 is 4.90 Å². The van der Waals surface area contributed by atoms with Crippen LogP contribution in [0.25, 0.3) is 0 Å². The van der Waals surface area contributed by atoms with Crippen molar-refractivity contribution in [3.05, 3.63) is 71.0 Å². The lowest BCUT2D eigenvalue weighted by atomic mass is 10.1. The quantitative estimate of drug-likeness (QED) is 0.589. The molecule has 140 valence electrons. The molecule has 0 saturated heterocycles. The standard InChI is InChI=1S/C20H21ClN4OS/c1-14(2)25(17-6-4-3-5-7-17)19(26)13-27-20-22-18(23-24-20)12-15-8-10-16(21)11-9-15/h3-11,14H,12-13H2,1-2H3,(H,22,23,24). The number of thioether (sulfide) groups is 1. The van der Waals surface area contributed by atoms with Gasteiger partial charge in [0.05, 0.1) is 5.75 Å². The van der Waals surface area contributed by atoms with Crippen LogP contribution >= 0.6 is 23.4 Å². The predicted molar refractivity (Wildman–Crippen MR) is 110 cm³/mol. The number of nitrogens with one attached hydrogen (secondary N) is 1. The van der Waals surface area contributed by atoms with Gasteiger partial charge in [-0.15, -0.1) is 5.10 Å². The van der Waals surface area contributed by atoms with E-state index in [1.165, 1.54) is 11.8 Å². The number of carbonyl (C=O) groups is 1. The minimum Gasteiger partial charge on any atom is -0.309 e. The van der Waals surface area contributed by atoms with Gasteiger partial charge >= 0.3 is 0 Å². The zero-order valence-electron chi connectivity index (χ0n) is 15.2. The predicted octanol–water partition coefficient (Wildman–Crippen LogP) is 4.58. The fraction of sp³-hybridized carbons (Fsp3) is 0.250. The lowest BCUT2D eigenvalue weighted by Crippen LogP contribution is -2.38. The normalized spacial score (nSPS) is 11.0. The lowest BCUT2D eigenvalue weighted by Gasteiger charge is -2.26. The number of halogens is 1. The van der Waals surface area contributed by atoms with Crippen molar-refractivity contribution in [1.82, 2.24) is 15.2 Å². The number of para-hydroxylation sites is 1. The molecule has 0 unspecified atom stereocenters.